The van der Waals surface area contributed by atoms with Gasteiger partial charge in [0.15, 0.2) is 0 Å². The van der Waals surface area contributed by atoms with Crippen molar-refractivity contribution in [3.63, 3.8) is 0 Å². The van der Waals surface area contributed by atoms with Crippen LogP contribution in [-0.4, -0.2) is 13.7 Å². The predicted molar refractivity (Wildman–Crippen MR) is 70.3 cm³/mol. The van der Waals surface area contributed by atoms with Crippen LogP contribution in [0.1, 0.15) is 25.3 Å². The summed E-state index contributed by atoms with van der Waals surface area (Å²) in [5.41, 5.74) is 8.50. The maximum atomic E-state index is 5.92. The fraction of sp³-hybridized carbons (Fsp3) is 0.385. The first-order chi connectivity index (χ1) is 7.69. The lowest BCUT2D eigenvalue weighted by atomic mass is 10.1. The van der Waals surface area contributed by atoms with Crippen LogP contribution < -0.4 is 11.1 Å². The van der Waals surface area contributed by atoms with E-state index in [2.05, 4.69) is 18.8 Å². The molecule has 1 aromatic rings. The van der Waals surface area contributed by atoms with E-state index in [0.717, 1.165) is 24.2 Å². The molecule has 16 heavy (non-hydrogen) atoms. The molecule has 0 radical (unpaired) electrons. The van der Waals surface area contributed by atoms with Gasteiger partial charge in [-0.15, -0.1) is 0 Å². The van der Waals surface area contributed by atoms with Crippen LogP contribution in [0.5, 0.6) is 0 Å². The summed E-state index contributed by atoms with van der Waals surface area (Å²) in [6.07, 6.45) is 2.34. The third-order valence-corrected chi connectivity index (χ3v) is 2.46. The molecule has 0 aromatic heterocycles. The van der Waals surface area contributed by atoms with E-state index in [-0.39, 0.29) is 0 Å². The van der Waals surface area contributed by atoms with E-state index in [9.17, 15) is 0 Å². The molecule has 0 unspecified atom stereocenters. The van der Waals surface area contributed by atoms with Gasteiger partial charge in [-0.05, 0) is 24.6 Å². The maximum absolute atomic E-state index is 5.92. The van der Waals surface area contributed by atoms with Gasteiger partial charge in [-0.2, -0.15) is 0 Å². The van der Waals surface area contributed by atoms with Gasteiger partial charge in [0.25, 0.3) is 0 Å². The molecule has 0 bridgehead atoms. The lowest BCUT2D eigenvalue weighted by Gasteiger charge is -2.11. The van der Waals surface area contributed by atoms with Crippen molar-refractivity contribution in [2.24, 2.45) is 0 Å². The van der Waals surface area contributed by atoms with E-state index < -0.39 is 0 Å². The molecule has 88 valence electrons. The fourth-order valence-electron chi connectivity index (χ4n) is 1.45. The number of nitrogens with one attached hydrogen (secondary N) is 1. The van der Waals surface area contributed by atoms with E-state index in [1.54, 1.807) is 7.11 Å². The van der Waals surface area contributed by atoms with Gasteiger partial charge in [-0.25, -0.2) is 0 Å². The number of unbranched alkanes of at least 4 members (excludes halogenated alkanes) is 1. The molecule has 0 fully saturated rings. The molecule has 3 nitrogen and oxygen atoms in total. The molecule has 0 aliphatic carbocycles. The normalized spacial score (nSPS) is 9.88. The average Bonchev–Trinajstić information content (AvgIpc) is 2.29. The summed E-state index contributed by atoms with van der Waals surface area (Å²) >= 11 is 0. The van der Waals surface area contributed by atoms with E-state index in [1.807, 2.05) is 18.2 Å². The van der Waals surface area contributed by atoms with Gasteiger partial charge < -0.3 is 15.8 Å². The van der Waals surface area contributed by atoms with Crippen LogP contribution in [0.25, 0.3) is 5.76 Å². The lowest BCUT2D eigenvalue weighted by molar-refractivity contribution is 0.371. The second-order valence-electron chi connectivity index (χ2n) is 3.71. The van der Waals surface area contributed by atoms with Crippen molar-refractivity contribution in [3.05, 3.63) is 30.3 Å². The number of rotatable bonds is 6. The maximum Gasteiger partial charge on any atom is 0.120 e. The smallest absolute Gasteiger partial charge is 0.120 e. The fourth-order valence-corrected chi connectivity index (χ4v) is 1.45. The first kappa shape index (κ1) is 12.4. The Morgan fingerprint density at radius 2 is 2.25 bits per heavy atom. The standard InChI is InChI=1S/C13H20N2O/c1-4-5-8-15-11-6-7-12(10(2)16-3)13(14)9-11/h6-7,9,15H,2,4-5,8,14H2,1,3H3. The number of ether oxygens (including phenoxy) is 1. The highest BCUT2D eigenvalue weighted by molar-refractivity contribution is 5.73. The topological polar surface area (TPSA) is 47.3 Å². The third kappa shape index (κ3) is 3.19. The lowest BCUT2D eigenvalue weighted by Crippen LogP contribution is -2.02. The van der Waals surface area contributed by atoms with Gasteiger partial charge in [-0.3, -0.25) is 0 Å². The minimum absolute atomic E-state index is 0.595. The summed E-state index contributed by atoms with van der Waals surface area (Å²) in [5.74, 6) is 0.595. The predicted octanol–water partition coefficient (Wildman–Crippen LogP) is 3.10. The molecule has 0 spiro atoms. The summed E-state index contributed by atoms with van der Waals surface area (Å²) in [4.78, 5) is 0. The van der Waals surface area contributed by atoms with Gasteiger partial charge in [0, 0.05) is 23.5 Å². The largest absolute Gasteiger partial charge is 0.497 e. The Hall–Kier alpha value is -1.64. The van der Waals surface area contributed by atoms with E-state index in [4.69, 9.17) is 10.5 Å². The van der Waals surface area contributed by atoms with E-state index >= 15 is 0 Å². The molecule has 0 atom stereocenters. The van der Waals surface area contributed by atoms with Gasteiger partial charge in [0.1, 0.15) is 5.76 Å². The number of hydrogen-bond acceptors (Lipinski definition) is 3. The SMILES string of the molecule is C=C(OC)c1ccc(NCCCC)cc1N. The Balaban J connectivity index is 2.71. The van der Waals surface area contributed by atoms with Crippen LogP contribution in [0.2, 0.25) is 0 Å². The first-order valence-corrected chi connectivity index (χ1v) is 5.55. The van der Waals surface area contributed by atoms with Gasteiger partial charge >= 0.3 is 0 Å². The van der Waals surface area contributed by atoms with Crippen LogP contribution in [0.4, 0.5) is 11.4 Å². The number of hydrogen-bond donors (Lipinski definition) is 2. The van der Waals surface area contributed by atoms with E-state index in [1.165, 1.54) is 6.42 Å². The quantitative estimate of drug-likeness (QED) is 0.440. The zero-order valence-electron chi connectivity index (χ0n) is 10.0. The van der Waals surface area contributed by atoms with Crippen molar-refractivity contribution in [1.29, 1.82) is 0 Å². The minimum atomic E-state index is 0.595. The molecule has 1 aromatic carbocycles. The molecular weight excluding hydrogens is 200 g/mol. The van der Waals surface area contributed by atoms with Gasteiger partial charge in [-0.1, -0.05) is 19.9 Å². The number of methoxy groups -OCH3 is 1. The van der Waals surface area contributed by atoms with Crippen LogP contribution >= 0.6 is 0 Å². The Morgan fingerprint density at radius 1 is 1.50 bits per heavy atom. The Labute approximate surface area is 97.3 Å². The van der Waals surface area contributed by atoms with E-state index in [0.29, 0.717) is 11.4 Å². The molecule has 0 heterocycles. The molecule has 0 aliphatic rings. The molecular formula is C13H20N2O. The molecule has 0 amide bonds. The van der Waals surface area contributed by atoms with Crippen LogP contribution in [0.15, 0.2) is 24.8 Å². The Bertz CT molecular complexity index is 361. The zero-order valence-corrected chi connectivity index (χ0v) is 10.0. The summed E-state index contributed by atoms with van der Waals surface area (Å²) in [5, 5.41) is 3.32. The zero-order chi connectivity index (χ0) is 12.0. The number of nitrogens with two attached hydrogens (primary N) is 1. The number of anilines is 2. The number of nitrogen functional groups attached to an aromatic ring is 1. The van der Waals surface area contributed by atoms with Crippen molar-refractivity contribution in [1.82, 2.24) is 0 Å². The third-order valence-electron chi connectivity index (χ3n) is 2.46. The summed E-state index contributed by atoms with van der Waals surface area (Å²) in [7, 11) is 1.59. The highest BCUT2D eigenvalue weighted by atomic mass is 16.5. The second kappa shape index (κ2) is 6.05. The molecule has 0 saturated heterocycles. The van der Waals surface area contributed by atoms with Gasteiger partial charge in [0.05, 0.1) is 7.11 Å². The van der Waals surface area contributed by atoms with Crippen molar-refractivity contribution >= 4 is 17.1 Å². The summed E-state index contributed by atoms with van der Waals surface area (Å²) < 4.78 is 5.06. The van der Waals surface area contributed by atoms with Crippen molar-refractivity contribution in [2.45, 2.75) is 19.8 Å². The number of benzene rings is 1. The summed E-state index contributed by atoms with van der Waals surface area (Å²) in [6, 6.07) is 5.83. The van der Waals surface area contributed by atoms with Crippen LogP contribution in [0.3, 0.4) is 0 Å². The van der Waals surface area contributed by atoms with Crippen LogP contribution in [0, 0.1) is 0 Å². The Morgan fingerprint density at radius 3 is 2.81 bits per heavy atom. The summed E-state index contributed by atoms with van der Waals surface area (Å²) in [6.45, 7) is 6.93. The van der Waals surface area contributed by atoms with Crippen molar-refractivity contribution in [2.75, 3.05) is 24.7 Å². The average molecular weight is 220 g/mol. The van der Waals surface area contributed by atoms with Crippen LogP contribution in [-0.2, 0) is 4.74 Å². The molecule has 1 rings (SSSR count). The Kier molecular flexibility index (Phi) is 4.70. The molecule has 3 heteroatoms. The highest BCUT2D eigenvalue weighted by Gasteiger charge is 2.04. The highest BCUT2D eigenvalue weighted by Crippen LogP contribution is 2.24. The van der Waals surface area contributed by atoms with Crippen molar-refractivity contribution in [3.8, 4) is 0 Å². The molecule has 3 N–H and O–H groups in total. The monoisotopic (exact) mass is 220 g/mol. The molecule has 0 saturated carbocycles. The van der Waals surface area contributed by atoms with Crippen molar-refractivity contribution < 1.29 is 4.74 Å². The first-order valence-electron chi connectivity index (χ1n) is 5.55. The minimum Gasteiger partial charge on any atom is -0.497 e. The van der Waals surface area contributed by atoms with Gasteiger partial charge in [0.2, 0.25) is 0 Å². The molecule has 0 aliphatic heterocycles. The second-order valence-corrected chi connectivity index (χ2v) is 3.71.